The van der Waals surface area contributed by atoms with E-state index in [1.54, 1.807) is 6.92 Å². The summed E-state index contributed by atoms with van der Waals surface area (Å²) >= 11 is 3.44. The molecule has 0 aliphatic heterocycles. The Bertz CT molecular complexity index is 279. The Labute approximate surface area is 93.5 Å². The Kier molecular flexibility index (Phi) is 4.42. The van der Waals surface area contributed by atoms with Crippen molar-refractivity contribution in [3.05, 3.63) is 28.2 Å². The molecule has 14 heavy (non-hydrogen) atoms. The summed E-state index contributed by atoms with van der Waals surface area (Å²) in [6.45, 7) is 4.66. The van der Waals surface area contributed by atoms with Crippen LogP contribution in [0, 0.1) is 6.92 Å². The first-order chi connectivity index (χ1) is 6.58. The van der Waals surface area contributed by atoms with Gasteiger partial charge < -0.3 is 10.4 Å². The highest BCUT2D eigenvalue weighted by Crippen LogP contribution is 2.18. The quantitative estimate of drug-likeness (QED) is 0.870. The number of halogens is 1. The third-order valence-electron chi connectivity index (χ3n) is 1.93. The molecule has 0 aliphatic rings. The van der Waals surface area contributed by atoms with Crippen molar-refractivity contribution in [2.75, 3.05) is 11.9 Å². The zero-order chi connectivity index (χ0) is 10.6. The maximum absolute atomic E-state index is 9.09. The van der Waals surface area contributed by atoms with Gasteiger partial charge in [-0.3, -0.25) is 0 Å². The summed E-state index contributed by atoms with van der Waals surface area (Å²) in [5.74, 6) is 0. The van der Waals surface area contributed by atoms with Gasteiger partial charge in [0.1, 0.15) is 0 Å². The van der Waals surface area contributed by atoms with Gasteiger partial charge in [0.15, 0.2) is 0 Å². The molecule has 1 rings (SSSR count). The predicted molar refractivity (Wildman–Crippen MR) is 63.7 cm³/mol. The molecule has 3 heteroatoms. The number of hydrogen-bond acceptors (Lipinski definition) is 2. The number of aryl methyl sites for hydroxylation is 1. The number of hydrogen-bond donors (Lipinski definition) is 2. The lowest BCUT2D eigenvalue weighted by Gasteiger charge is -2.09. The highest BCUT2D eigenvalue weighted by atomic mass is 79.9. The van der Waals surface area contributed by atoms with Crippen LogP contribution in [0.1, 0.15) is 18.9 Å². The Hall–Kier alpha value is -0.540. The molecule has 0 saturated heterocycles. The van der Waals surface area contributed by atoms with Crippen LogP contribution >= 0.6 is 15.9 Å². The van der Waals surface area contributed by atoms with E-state index in [1.165, 1.54) is 5.56 Å². The Morgan fingerprint density at radius 3 is 2.71 bits per heavy atom. The van der Waals surface area contributed by atoms with Crippen LogP contribution in [0.5, 0.6) is 0 Å². The fraction of sp³-hybridized carbons (Fsp3) is 0.455. The van der Waals surface area contributed by atoms with Gasteiger partial charge in [0, 0.05) is 16.7 Å². The molecule has 78 valence electrons. The van der Waals surface area contributed by atoms with E-state index in [2.05, 4.69) is 40.3 Å². The number of aliphatic hydroxyl groups is 1. The van der Waals surface area contributed by atoms with Crippen LogP contribution in [0.4, 0.5) is 5.69 Å². The highest BCUT2D eigenvalue weighted by Gasteiger charge is 1.97. The van der Waals surface area contributed by atoms with Gasteiger partial charge in [0.2, 0.25) is 0 Å². The van der Waals surface area contributed by atoms with Gasteiger partial charge in [0.25, 0.3) is 0 Å². The fourth-order valence-electron chi connectivity index (χ4n) is 1.26. The zero-order valence-electron chi connectivity index (χ0n) is 8.55. The largest absolute Gasteiger partial charge is 0.393 e. The molecule has 0 radical (unpaired) electrons. The van der Waals surface area contributed by atoms with E-state index in [4.69, 9.17) is 5.11 Å². The van der Waals surface area contributed by atoms with E-state index in [1.807, 2.05) is 6.07 Å². The molecule has 0 amide bonds. The number of aliphatic hydroxyl groups excluding tert-OH is 1. The molecule has 0 heterocycles. The predicted octanol–water partition coefficient (Wildman–Crippen LogP) is 2.94. The second-order valence-electron chi connectivity index (χ2n) is 3.58. The number of benzene rings is 1. The molecular weight excluding hydrogens is 242 g/mol. The van der Waals surface area contributed by atoms with Gasteiger partial charge in [-0.25, -0.2) is 0 Å². The van der Waals surface area contributed by atoms with E-state index < -0.39 is 0 Å². The Morgan fingerprint density at radius 2 is 2.14 bits per heavy atom. The molecule has 1 aromatic carbocycles. The Morgan fingerprint density at radius 1 is 1.43 bits per heavy atom. The molecule has 1 unspecified atom stereocenters. The molecule has 0 aromatic heterocycles. The normalized spacial score (nSPS) is 12.6. The van der Waals surface area contributed by atoms with Gasteiger partial charge in [-0.2, -0.15) is 0 Å². The van der Waals surface area contributed by atoms with Crippen molar-refractivity contribution in [3.8, 4) is 0 Å². The standard InChI is InChI=1S/C11H16BrNO/c1-8-5-10(12)7-11(6-8)13-4-3-9(2)14/h5-7,9,13-14H,3-4H2,1-2H3. The van der Waals surface area contributed by atoms with Crippen LogP contribution in [0.2, 0.25) is 0 Å². The first-order valence-electron chi connectivity index (χ1n) is 4.77. The second-order valence-corrected chi connectivity index (χ2v) is 4.50. The minimum absolute atomic E-state index is 0.240. The lowest BCUT2D eigenvalue weighted by Crippen LogP contribution is -2.09. The van der Waals surface area contributed by atoms with Crippen molar-refractivity contribution in [2.45, 2.75) is 26.4 Å². The van der Waals surface area contributed by atoms with Crippen LogP contribution in [-0.4, -0.2) is 17.8 Å². The van der Waals surface area contributed by atoms with Crippen molar-refractivity contribution in [3.63, 3.8) is 0 Å². The van der Waals surface area contributed by atoms with Crippen LogP contribution in [0.3, 0.4) is 0 Å². The van der Waals surface area contributed by atoms with Crippen LogP contribution < -0.4 is 5.32 Å². The van der Waals surface area contributed by atoms with Crippen LogP contribution in [-0.2, 0) is 0 Å². The van der Waals surface area contributed by atoms with Crippen LogP contribution in [0.15, 0.2) is 22.7 Å². The average Bonchev–Trinajstić information content (AvgIpc) is 2.01. The molecular formula is C11H16BrNO. The third-order valence-corrected chi connectivity index (χ3v) is 2.39. The summed E-state index contributed by atoms with van der Waals surface area (Å²) in [5.41, 5.74) is 2.32. The molecule has 0 fully saturated rings. The SMILES string of the molecule is Cc1cc(Br)cc(NCCC(C)O)c1. The lowest BCUT2D eigenvalue weighted by molar-refractivity contribution is 0.189. The highest BCUT2D eigenvalue weighted by molar-refractivity contribution is 9.10. The topological polar surface area (TPSA) is 32.3 Å². The van der Waals surface area contributed by atoms with Gasteiger partial charge >= 0.3 is 0 Å². The monoisotopic (exact) mass is 257 g/mol. The van der Waals surface area contributed by atoms with Gasteiger partial charge in [-0.1, -0.05) is 15.9 Å². The second kappa shape index (κ2) is 5.37. The molecule has 0 saturated carbocycles. The number of nitrogens with one attached hydrogen (secondary N) is 1. The Balaban J connectivity index is 2.50. The first kappa shape index (κ1) is 11.5. The van der Waals surface area contributed by atoms with Crippen molar-refractivity contribution in [1.82, 2.24) is 0 Å². The van der Waals surface area contributed by atoms with E-state index in [9.17, 15) is 0 Å². The maximum atomic E-state index is 9.09. The molecule has 1 aromatic rings. The zero-order valence-corrected chi connectivity index (χ0v) is 10.1. The van der Waals surface area contributed by atoms with E-state index >= 15 is 0 Å². The van der Waals surface area contributed by atoms with E-state index in [0.29, 0.717) is 0 Å². The molecule has 0 spiro atoms. The summed E-state index contributed by atoms with van der Waals surface area (Å²) in [6, 6.07) is 6.20. The molecule has 0 bridgehead atoms. The van der Waals surface area contributed by atoms with Crippen molar-refractivity contribution >= 4 is 21.6 Å². The smallest absolute Gasteiger partial charge is 0.0528 e. The summed E-state index contributed by atoms with van der Waals surface area (Å²) in [6.07, 6.45) is 0.529. The van der Waals surface area contributed by atoms with Crippen molar-refractivity contribution < 1.29 is 5.11 Å². The molecule has 0 aliphatic carbocycles. The van der Waals surface area contributed by atoms with Crippen LogP contribution in [0.25, 0.3) is 0 Å². The van der Waals surface area contributed by atoms with E-state index in [-0.39, 0.29) is 6.10 Å². The minimum Gasteiger partial charge on any atom is -0.393 e. The number of rotatable bonds is 4. The molecule has 2 N–H and O–H groups in total. The summed E-state index contributed by atoms with van der Waals surface area (Å²) in [7, 11) is 0. The number of anilines is 1. The molecule has 2 nitrogen and oxygen atoms in total. The first-order valence-corrected chi connectivity index (χ1v) is 5.56. The maximum Gasteiger partial charge on any atom is 0.0528 e. The van der Waals surface area contributed by atoms with Gasteiger partial charge in [-0.15, -0.1) is 0 Å². The summed E-state index contributed by atoms with van der Waals surface area (Å²) < 4.78 is 1.08. The van der Waals surface area contributed by atoms with Gasteiger partial charge in [0.05, 0.1) is 6.10 Å². The summed E-state index contributed by atoms with van der Waals surface area (Å²) in [4.78, 5) is 0. The summed E-state index contributed by atoms with van der Waals surface area (Å²) in [5, 5.41) is 12.4. The van der Waals surface area contributed by atoms with Crippen molar-refractivity contribution in [2.24, 2.45) is 0 Å². The van der Waals surface area contributed by atoms with Gasteiger partial charge in [-0.05, 0) is 44.0 Å². The van der Waals surface area contributed by atoms with E-state index in [0.717, 1.165) is 23.1 Å². The average molecular weight is 258 g/mol. The van der Waals surface area contributed by atoms with Crippen molar-refractivity contribution in [1.29, 1.82) is 0 Å². The molecule has 1 atom stereocenters. The fourth-order valence-corrected chi connectivity index (χ4v) is 1.87. The minimum atomic E-state index is -0.240. The lowest BCUT2D eigenvalue weighted by atomic mass is 10.2. The third kappa shape index (κ3) is 4.11.